The van der Waals surface area contributed by atoms with Crippen molar-refractivity contribution in [1.82, 2.24) is 14.5 Å². The lowest BCUT2D eigenvalue weighted by Gasteiger charge is -2.38. The van der Waals surface area contributed by atoms with Crippen LogP contribution in [-0.4, -0.2) is 45.2 Å². The molecule has 0 aromatic carbocycles. The first kappa shape index (κ1) is 9.21. The number of rotatable bonds is 3. The van der Waals surface area contributed by atoms with E-state index in [1.54, 1.807) is 12.5 Å². The Morgan fingerprint density at radius 2 is 2.43 bits per heavy atom. The summed E-state index contributed by atoms with van der Waals surface area (Å²) in [5, 5.41) is 8.68. The van der Waals surface area contributed by atoms with Crippen molar-refractivity contribution in [1.29, 1.82) is 0 Å². The van der Waals surface area contributed by atoms with E-state index in [0.29, 0.717) is 6.04 Å². The number of likely N-dealkylation sites (tertiary alicyclic amines) is 1. The topological polar surface area (TPSA) is 58.4 Å². The number of likely N-dealkylation sites (N-methyl/N-ethyl adjacent to an activating group) is 1. The maximum atomic E-state index is 10.6. The SMILES string of the molecule is CCN1CC(n2cnc(C(=O)O)c2)C1. The van der Waals surface area contributed by atoms with Crippen LogP contribution in [0.3, 0.4) is 0 Å². The summed E-state index contributed by atoms with van der Waals surface area (Å²) in [6, 6.07) is 0.399. The maximum Gasteiger partial charge on any atom is 0.356 e. The van der Waals surface area contributed by atoms with Crippen molar-refractivity contribution in [2.24, 2.45) is 0 Å². The van der Waals surface area contributed by atoms with Gasteiger partial charge < -0.3 is 9.67 Å². The van der Waals surface area contributed by atoms with Crippen molar-refractivity contribution < 1.29 is 9.90 Å². The molecule has 0 aliphatic carbocycles. The number of aromatic nitrogens is 2. The van der Waals surface area contributed by atoms with Gasteiger partial charge in [-0.2, -0.15) is 0 Å². The van der Waals surface area contributed by atoms with Gasteiger partial charge in [0.2, 0.25) is 0 Å². The highest BCUT2D eigenvalue weighted by Crippen LogP contribution is 2.20. The number of hydrogen-bond donors (Lipinski definition) is 1. The minimum absolute atomic E-state index is 0.125. The molecule has 1 aliphatic rings. The molecule has 0 amide bonds. The summed E-state index contributed by atoms with van der Waals surface area (Å²) in [6.45, 7) is 5.15. The molecule has 0 atom stereocenters. The molecular weight excluding hydrogens is 182 g/mol. The molecule has 1 fully saturated rings. The van der Waals surface area contributed by atoms with Gasteiger partial charge in [-0.15, -0.1) is 0 Å². The average Bonchev–Trinajstić information content (AvgIpc) is 2.51. The van der Waals surface area contributed by atoms with Gasteiger partial charge in [-0.25, -0.2) is 9.78 Å². The predicted molar refractivity (Wildman–Crippen MR) is 50.3 cm³/mol. The fraction of sp³-hybridized carbons (Fsp3) is 0.556. The summed E-state index contributed by atoms with van der Waals surface area (Å²) in [5.41, 5.74) is 0.125. The first-order chi connectivity index (χ1) is 6.70. The van der Waals surface area contributed by atoms with Crippen LogP contribution in [0.4, 0.5) is 0 Å². The van der Waals surface area contributed by atoms with Crippen LogP contribution >= 0.6 is 0 Å². The van der Waals surface area contributed by atoms with Crippen LogP contribution in [0.15, 0.2) is 12.5 Å². The van der Waals surface area contributed by atoms with E-state index in [9.17, 15) is 4.79 Å². The Morgan fingerprint density at radius 1 is 1.71 bits per heavy atom. The van der Waals surface area contributed by atoms with Crippen molar-refractivity contribution in [2.75, 3.05) is 19.6 Å². The standard InChI is InChI=1S/C9H13N3O2/c1-2-11-3-7(4-11)12-5-8(9(13)14)10-6-12/h5-7H,2-4H2,1H3,(H,13,14). The normalized spacial score (nSPS) is 18.1. The summed E-state index contributed by atoms with van der Waals surface area (Å²) in [6.07, 6.45) is 3.20. The molecular formula is C9H13N3O2. The molecule has 1 aromatic heterocycles. The Morgan fingerprint density at radius 3 is 2.93 bits per heavy atom. The van der Waals surface area contributed by atoms with Gasteiger partial charge in [0.05, 0.1) is 12.4 Å². The summed E-state index contributed by atoms with van der Waals surface area (Å²) >= 11 is 0. The molecule has 1 aliphatic heterocycles. The molecule has 2 heterocycles. The molecule has 0 saturated carbocycles. The smallest absolute Gasteiger partial charge is 0.356 e. The molecule has 5 nitrogen and oxygen atoms in total. The van der Waals surface area contributed by atoms with Crippen LogP contribution in [0.5, 0.6) is 0 Å². The second-order valence-electron chi connectivity index (χ2n) is 3.52. The summed E-state index contributed by atoms with van der Waals surface area (Å²) in [7, 11) is 0. The van der Waals surface area contributed by atoms with Gasteiger partial charge in [0, 0.05) is 19.3 Å². The van der Waals surface area contributed by atoms with Crippen molar-refractivity contribution in [3.63, 3.8) is 0 Å². The Labute approximate surface area is 82.0 Å². The van der Waals surface area contributed by atoms with Crippen molar-refractivity contribution in [3.05, 3.63) is 18.2 Å². The van der Waals surface area contributed by atoms with Gasteiger partial charge in [-0.1, -0.05) is 6.92 Å². The highest BCUT2D eigenvalue weighted by Gasteiger charge is 2.26. The van der Waals surface area contributed by atoms with Crippen molar-refractivity contribution >= 4 is 5.97 Å². The van der Waals surface area contributed by atoms with Gasteiger partial charge >= 0.3 is 5.97 Å². The van der Waals surface area contributed by atoms with Crippen LogP contribution in [0, 0.1) is 0 Å². The molecule has 1 saturated heterocycles. The third-order valence-electron chi connectivity index (χ3n) is 2.63. The Hall–Kier alpha value is -1.36. The second-order valence-corrected chi connectivity index (χ2v) is 3.52. The maximum absolute atomic E-state index is 10.6. The van der Waals surface area contributed by atoms with Crippen LogP contribution in [0.25, 0.3) is 0 Å². The Kier molecular flexibility index (Phi) is 2.25. The lowest BCUT2D eigenvalue weighted by molar-refractivity contribution is 0.0690. The van der Waals surface area contributed by atoms with Crippen LogP contribution in [-0.2, 0) is 0 Å². The minimum atomic E-state index is -0.963. The molecule has 0 bridgehead atoms. The first-order valence-electron chi connectivity index (χ1n) is 4.70. The highest BCUT2D eigenvalue weighted by atomic mass is 16.4. The number of aromatic carboxylic acids is 1. The fourth-order valence-corrected chi connectivity index (χ4v) is 1.64. The molecule has 14 heavy (non-hydrogen) atoms. The number of hydrogen-bond acceptors (Lipinski definition) is 3. The van der Waals surface area contributed by atoms with Gasteiger partial charge in [-0.3, -0.25) is 4.90 Å². The largest absolute Gasteiger partial charge is 0.476 e. The van der Waals surface area contributed by atoms with Crippen LogP contribution in [0.1, 0.15) is 23.5 Å². The fourth-order valence-electron chi connectivity index (χ4n) is 1.64. The van der Waals surface area contributed by atoms with Crippen LogP contribution in [0.2, 0.25) is 0 Å². The summed E-state index contributed by atoms with van der Waals surface area (Å²) < 4.78 is 1.88. The lowest BCUT2D eigenvalue weighted by Crippen LogP contribution is -2.46. The highest BCUT2D eigenvalue weighted by molar-refractivity contribution is 5.84. The molecule has 0 spiro atoms. The quantitative estimate of drug-likeness (QED) is 0.761. The van der Waals surface area contributed by atoms with Crippen molar-refractivity contribution in [2.45, 2.75) is 13.0 Å². The molecule has 5 heteroatoms. The van der Waals surface area contributed by atoms with Gasteiger partial charge in [0.25, 0.3) is 0 Å². The third-order valence-corrected chi connectivity index (χ3v) is 2.63. The Balaban J connectivity index is 2.01. The van der Waals surface area contributed by atoms with E-state index in [2.05, 4.69) is 16.8 Å². The molecule has 0 unspecified atom stereocenters. The van der Waals surface area contributed by atoms with Gasteiger partial charge in [-0.05, 0) is 6.54 Å². The van der Waals surface area contributed by atoms with Crippen molar-refractivity contribution in [3.8, 4) is 0 Å². The van der Waals surface area contributed by atoms with Gasteiger partial charge in [0.15, 0.2) is 5.69 Å². The molecule has 1 aromatic rings. The zero-order valence-corrected chi connectivity index (χ0v) is 8.05. The molecule has 1 N–H and O–H groups in total. The van der Waals surface area contributed by atoms with E-state index in [4.69, 9.17) is 5.11 Å². The second kappa shape index (κ2) is 3.42. The average molecular weight is 195 g/mol. The van der Waals surface area contributed by atoms with E-state index >= 15 is 0 Å². The van der Waals surface area contributed by atoms with Gasteiger partial charge in [0.1, 0.15) is 0 Å². The predicted octanol–water partition coefficient (Wildman–Crippen LogP) is 0.458. The zero-order valence-electron chi connectivity index (χ0n) is 8.05. The van der Waals surface area contributed by atoms with E-state index in [-0.39, 0.29) is 5.69 Å². The van der Waals surface area contributed by atoms with E-state index in [0.717, 1.165) is 19.6 Å². The summed E-state index contributed by atoms with van der Waals surface area (Å²) in [4.78, 5) is 16.7. The Bertz CT molecular complexity index is 342. The summed E-state index contributed by atoms with van der Waals surface area (Å²) in [5.74, 6) is -0.963. The number of imidazole rings is 1. The number of carboxylic acids is 1. The number of carboxylic acid groups (broad SMARTS) is 1. The van der Waals surface area contributed by atoms with Crippen LogP contribution < -0.4 is 0 Å². The van der Waals surface area contributed by atoms with E-state index < -0.39 is 5.97 Å². The molecule has 0 radical (unpaired) electrons. The first-order valence-corrected chi connectivity index (χ1v) is 4.70. The van der Waals surface area contributed by atoms with E-state index in [1.807, 2.05) is 4.57 Å². The zero-order chi connectivity index (χ0) is 10.1. The van der Waals surface area contributed by atoms with E-state index in [1.165, 1.54) is 0 Å². The molecule has 2 rings (SSSR count). The number of nitrogens with zero attached hydrogens (tertiary/aromatic N) is 3. The molecule has 76 valence electrons. The monoisotopic (exact) mass is 195 g/mol. The minimum Gasteiger partial charge on any atom is -0.476 e. The third kappa shape index (κ3) is 1.50. The lowest BCUT2D eigenvalue weighted by atomic mass is 10.1. The number of carbonyl (C=O) groups is 1.